The third-order valence-electron chi connectivity index (χ3n) is 4.55. The molecule has 29 heavy (non-hydrogen) atoms. The molecule has 0 aliphatic heterocycles. The minimum absolute atomic E-state index is 0.268. The summed E-state index contributed by atoms with van der Waals surface area (Å²) >= 11 is 1.22. The van der Waals surface area contributed by atoms with Gasteiger partial charge in [-0.3, -0.25) is 4.79 Å². The second-order valence-corrected chi connectivity index (χ2v) is 7.53. The molecule has 0 atom stereocenters. The Balaban J connectivity index is 1.50. The van der Waals surface area contributed by atoms with Gasteiger partial charge >= 0.3 is 0 Å². The Labute approximate surface area is 170 Å². The fourth-order valence-electron chi connectivity index (χ4n) is 3.00. The van der Waals surface area contributed by atoms with Crippen molar-refractivity contribution >= 4 is 33.1 Å². The topological polar surface area (TPSA) is 68.0 Å². The Bertz CT molecular complexity index is 1170. The summed E-state index contributed by atoms with van der Waals surface area (Å²) in [6.45, 7) is 0.409. The minimum atomic E-state index is -0.310. The summed E-state index contributed by atoms with van der Waals surface area (Å²) in [5.74, 6) is -0.867. The molecule has 3 N–H and O–H groups in total. The predicted molar refractivity (Wildman–Crippen MR) is 112 cm³/mol. The molecule has 0 saturated carbocycles. The van der Waals surface area contributed by atoms with Crippen LogP contribution in [-0.4, -0.2) is 17.4 Å². The molecule has 0 aliphatic carbocycles. The fourth-order valence-corrected chi connectivity index (χ4v) is 4.01. The van der Waals surface area contributed by atoms with Gasteiger partial charge in [-0.25, -0.2) is 13.8 Å². The van der Waals surface area contributed by atoms with E-state index in [4.69, 9.17) is 5.73 Å². The zero-order valence-corrected chi connectivity index (χ0v) is 16.1. The highest BCUT2D eigenvalue weighted by Gasteiger charge is 2.17. The number of amides is 1. The number of hydrogen-bond donors (Lipinski definition) is 2. The standard InChI is InChI=1S/C22H17F2N3OS/c23-15-5-1-13(2-6-15)11-12-26-21(28)20-19(25)17-9-10-18(27-22(17)29-20)14-3-7-16(24)8-4-14/h1-10H,11-12,25H2,(H,26,28). The Morgan fingerprint density at radius 3 is 2.31 bits per heavy atom. The first-order chi connectivity index (χ1) is 14.0. The number of thiophene rings is 1. The number of nitrogen functional groups attached to an aromatic ring is 1. The first kappa shape index (κ1) is 19.0. The number of anilines is 1. The Morgan fingerprint density at radius 2 is 1.62 bits per heavy atom. The van der Waals surface area contributed by atoms with Gasteiger partial charge in [0.25, 0.3) is 5.91 Å². The van der Waals surface area contributed by atoms with E-state index in [0.717, 1.165) is 11.1 Å². The van der Waals surface area contributed by atoms with E-state index in [2.05, 4.69) is 10.3 Å². The van der Waals surface area contributed by atoms with E-state index in [-0.39, 0.29) is 17.5 Å². The Kier molecular flexibility index (Phi) is 5.22. The number of halogens is 2. The molecule has 4 nitrogen and oxygen atoms in total. The molecule has 146 valence electrons. The lowest BCUT2D eigenvalue weighted by molar-refractivity contribution is 0.0959. The predicted octanol–water partition coefficient (Wildman–Crippen LogP) is 4.80. The third-order valence-corrected chi connectivity index (χ3v) is 5.67. The maximum atomic E-state index is 13.1. The van der Waals surface area contributed by atoms with Gasteiger partial charge in [0.1, 0.15) is 21.3 Å². The lowest BCUT2D eigenvalue weighted by Gasteiger charge is -2.04. The van der Waals surface area contributed by atoms with Gasteiger partial charge in [0.05, 0.1) is 11.4 Å². The van der Waals surface area contributed by atoms with Crippen molar-refractivity contribution in [1.29, 1.82) is 0 Å². The highest BCUT2D eigenvalue weighted by atomic mass is 32.1. The van der Waals surface area contributed by atoms with E-state index in [9.17, 15) is 13.6 Å². The van der Waals surface area contributed by atoms with E-state index in [1.807, 2.05) is 6.07 Å². The zero-order chi connectivity index (χ0) is 20.4. The number of hydrogen-bond acceptors (Lipinski definition) is 4. The van der Waals surface area contributed by atoms with Crippen molar-refractivity contribution < 1.29 is 13.6 Å². The number of fused-ring (bicyclic) bond motifs is 1. The summed E-state index contributed by atoms with van der Waals surface area (Å²) in [6.07, 6.45) is 0.587. The van der Waals surface area contributed by atoms with Gasteiger partial charge in [-0.2, -0.15) is 0 Å². The monoisotopic (exact) mass is 409 g/mol. The number of aromatic nitrogens is 1. The second-order valence-electron chi connectivity index (χ2n) is 6.53. The molecule has 2 aromatic carbocycles. The average molecular weight is 409 g/mol. The SMILES string of the molecule is Nc1c(C(=O)NCCc2ccc(F)cc2)sc2nc(-c3ccc(F)cc3)ccc12. The van der Waals surface area contributed by atoms with E-state index < -0.39 is 0 Å². The molecule has 4 aromatic rings. The molecule has 0 radical (unpaired) electrons. The van der Waals surface area contributed by atoms with E-state index in [1.54, 1.807) is 30.3 Å². The number of nitrogens with zero attached hydrogens (tertiary/aromatic N) is 1. The van der Waals surface area contributed by atoms with Gasteiger partial charge in [0.2, 0.25) is 0 Å². The van der Waals surface area contributed by atoms with Gasteiger partial charge in [-0.05, 0) is 60.5 Å². The number of nitrogens with one attached hydrogen (secondary N) is 1. The molecule has 7 heteroatoms. The van der Waals surface area contributed by atoms with Crippen LogP contribution in [-0.2, 0) is 6.42 Å². The first-order valence-electron chi connectivity index (χ1n) is 8.99. The number of benzene rings is 2. The largest absolute Gasteiger partial charge is 0.397 e. The molecule has 4 rings (SSSR count). The van der Waals surface area contributed by atoms with Crippen molar-refractivity contribution in [1.82, 2.24) is 10.3 Å². The minimum Gasteiger partial charge on any atom is -0.397 e. The molecular formula is C22H17F2N3OS. The smallest absolute Gasteiger partial charge is 0.263 e. The van der Waals surface area contributed by atoms with Crippen LogP contribution in [0.3, 0.4) is 0 Å². The highest BCUT2D eigenvalue weighted by Crippen LogP contribution is 2.34. The highest BCUT2D eigenvalue weighted by molar-refractivity contribution is 7.21. The van der Waals surface area contributed by atoms with Gasteiger partial charge in [-0.15, -0.1) is 11.3 Å². The molecule has 1 amide bonds. The molecule has 2 heterocycles. The molecule has 2 aromatic heterocycles. The average Bonchev–Trinajstić information content (AvgIpc) is 3.06. The molecule has 0 saturated heterocycles. The van der Waals surface area contributed by atoms with Crippen LogP contribution in [0.25, 0.3) is 21.5 Å². The Morgan fingerprint density at radius 1 is 0.966 bits per heavy atom. The van der Waals surface area contributed by atoms with Crippen molar-refractivity contribution in [2.24, 2.45) is 0 Å². The lowest BCUT2D eigenvalue weighted by atomic mass is 10.1. The van der Waals surface area contributed by atoms with Crippen LogP contribution in [0.5, 0.6) is 0 Å². The molecule has 0 fully saturated rings. The van der Waals surface area contributed by atoms with Crippen LogP contribution >= 0.6 is 11.3 Å². The van der Waals surface area contributed by atoms with Crippen LogP contribution in [0.2, 0.25) is 0 Å². The van der Waals surface area contributed by atoms with Crippen molar-refractivity contribution in [2.75, 3.05) is 12.3 Å². The van der Waals surface area contributed by atoms with Crippen LogP contribution in [0.1, 0.15) is 15.2 Å². The lowest BCUT2D eigenvalue weighted by Crippen LogP contribution is -2.25. The second kappa shape index (κ2) is 7.97. The number of carbonyl (C=O) groups excluding carboxylic acids is 1. The summed E-state index contributed by atoms with van der Waals surface area (Å²) in [5, 5.41) is 3.56. The molecular weight excluding hydrogens is 392 g/mol. The van der Waals surface area contributed by atoms with Crippen molar-refractivity contribution in [3.63, 3.8) is 0 Å². The molecule has 0 bridgehead atoms. The fraction of sp³-hybridized carbons (Fsp3) is 0.0909. The summed E-state index contributed by atoms with van der Waals surface area (Å²) in [4.78, 5) is 18.2. The van der Waals surface area contributed by atoms with E-state index >= 15 is 0 Å². The number of rotatable bonds is 5. The first-order valence-corrected chi connectivity index (χ1v) is 9.80. The molecule has 0 aliphatic rings. The summed E-state index contributed by atoms with van der Waals surface area (Å²) < 4.78 is 26.1. The van der Waals surface area contributed by atoms with Gasteiger partial charge < -0.3 is 11.1 Å². The zero-order valence-electron chi connectivity index (χ0n) is 15.3. The van der Waals surface area contributed by atoms with Crippen molar-refractivity contribution in [2.45, 2.75) is 6.42 Å². The molecule has 0 spiro atoms. The van der Waals surface area contributed by atoms with Crippen LogP contribution in [0.15, 0.2) is 60.7 Å². The van der Waals surface area contributed by atoms with Crippen LogP contribution in [0.4, 0.5) is 14.5 Å². The van der Waals surface area contributed by atoms with Crippen LogP contribution < -0.4 is 11.1 Å². The number of nitrogens with two attached hydrogens (primary N) is 1. The maximum Gasteiger partial charge on any atom is 0.263 e. The van der Waals surface area contributed by atoms with Gasteiger partial charge in [0.15, 0.2) is 0 Å². The van der Waals surface area contributed by atoms with Crippen molar-refractivity contribution in [3.05, 3.63) is 82.7 Å². The number of carbonyl (C=O) groups is 1. The summed E-state index contributed by atoms with van der Waals surface area (Å²) in [7, 11) is 0. The van der Waals surface area contributed by atoms with E-state index in [0.29, 0.717) is 39.4 Å². The number of pyridine rings is 1. The van der Waals surface area contributed by atoms with Gasteiger partial charge in [0, 0.05) is 17.5 Å². The van der Waals surface area contributed by atoms with Crippen LogP contribution in [0, 0.1) is 11.6 Å². The normalized spacial score (nSPS) is 11.0. The summed E-state index contributed by atoms with van der Waals surface area (Å²) in [6, 6.07) is 15.9. The summed E-state index contributed by atoms with van der Waals surface area (Å²) in [5.41, 5.74) is 8.95. The van der Waals surface area contributed by atoms with Crippen molar-refractivity contribution in [3.8, 4) is 11.3 Å². The van der Waals surface area contributed by atoms with E-state index in [1.165, 1.54) is 35.6 Å². The third kappa shape index (κ3) is 4.09. The molecule has 0 unspecified atom stereocenters. The van der Waals surface area contributed by atoms with Gasteiger partial charge in [-0.1, -0.05) is 12.1 Å². The Hall–Kier alpha value is -3.32. The quantitative estimate of drug-likeness (QED) is 0.498. The maximum absolute atomic E-state index is 13.1.